The fraction of sp³-hybridized carbons (Fsp3) is 0.300. The van der Waals surface area contributed by atoms with Crippen molar-refractivity contribution in [3.05, 3.63) is 69.8 Å². The van der Waals surface area contributed by atoms with Crippen LogP contribution in [0.3, 0.4) is 0 Å². The highest BCUT2D eigenvalue weighted by molar-refractivity contribution is 7.89. The number of piperazine rings is 1. The number of sulfonamides is 1. The first-order chi connectivity index (χ1) is 15.0. The standard InChI is InChI=1S/C18H21N3O4S.C2H2O4/c1-15-3-2-4-16(13-15)14-19-9-11-20(12-10-19)26(24,25)18-7-5-17(6-8-18)21(22)23;3-1(4)2(5)6/h2-8,13H,9-12,14H2,1H3;(H,3,4)(H,5,6). The summed E-state index contributed by atoms with van der Waals surface area (Å²) >= 11 is 0. The molecule has 3 rings (SSSR count). The van der Waals surface area contributed by atoms with E-state index in [2.05, 4.69) is 30.0 Å². The molecule has 0 unspecified atom stereocenters. The molecule has 0 amide bonds. The van der Waals surface area contributed by atoms with E-state index in [1.807, 2.05) is 6.07 Å². The Morgan fingerprint density at radius 1 is 1.00 bits per heavy atom. The molecule has 172 valence electrons. The average Bonchev–Trinajstić information content (AvgIpc) is 2.74. The fourth-order valence-corrected chi connectivity index (χ4v) is 4.51. The summed E-state index contributed by atoms with van der Waals surface area (Å²) < 4.78 is 26.9. The first-order valence-electron chi connectivity index (χ1n) is 9.49. The summed E-state index contributed by atoms with van der Waals surface area (Å²) in [6, 6.07) is 13.3. The van der Waals surface area contributed by atoms with Gasteiger partial charge in [0.2, 0.25) is 10.0 Å². The highest BCUT2D eigenvalue weighted by atomic mass is 32.2. The quantitative estimate of drug-likeness (QED) is 0.380. The van der Waals surface area contributed by atoms with Crippen molar-refractivity contribution in [1.82, 2.24) is 9.21 Å². The Balaban J connectivity index is 0.000000534. The summed E-state index contributed by atoms with van der Waals surface area (Å²) in [5.41, 5.74) is 2.31. The molecule has 32 heavy (non-hydrogen) atoms. The van der Waals surface area contributed by atoms with E-state index in [-0.39, 0.29) is 10.6 Å². The molecule has 1 fully saturated rings. The van der Waals surface area contributed by atoms with Gasteiger partial charge in [-0.05, 0) is 24.6 Å². The highest BCUT2D eigenvalue weighted by Gasteiger charge is 2.28. The van der Waals surface area contributed by atoms with Crippen molar-refractivity contribution in [3.8, 4) is 0 Å². The van der Waals surface area contributed by atoms with E-state index in [1.54, 1.807) is 0 Å². The number of carbonyl (C=O) groups is 2. The van der Waals surface area contributed by atoms with Crippen LogP contribution in [0.5, 0.6) is 0 Å². The van der Waals surface area contributed by atoms with E-state index in [0.29, 0.717) is 26.2 Å². The van der Waals surface area contributed by atoms with Gasteiger partial charge in [-0.15, -0.1) is 0 Å². The molecule has 1 heterocycles. The van der Waals surface area contributed by atoms with Gasteiger partial charge in [0.15, 0.2) is 0 Å². The Kier molecular flexibility index (Phi) is 8.41. The van der Waals surface area contributed by atoms with E-state index in [4.69, 9.17) is 19.8 Å². The third-order valence-corrected chi connectivity index (χ3v) is 6.60. The lowest BCUT2D eigenvalue weighted by atomic mass is 10.1. The van der Waals surface area contributed by atoms with E-state index in [0.717, 1.165) is 6.54 Å². The SMILES string of the molecule is Cc1cccc(CN2CCN(S(=O)(=O)c3ccc([N+](=O)[O-])cc3)CC2)c1.O=C(O)C(=O)O. The highest BCUT2D eigenvalue weighted by Crippen LogP contribution is 2.21. The second-order valence-electron chi connectivity index (χ2n) is 7.03. The maximum Gasteiger partial charge on any atom is 0.414 e. The third-order valence-electron chi connectivity index (χ3n) is 4.69. The number of nitro groups is 1. The molecule has 1 saturated heterocycles. The van der Waals surface area contributed by atoms with Crippen LogP contribution in [0.4, 0.5) is 5.69 Å². The zero-order valence-corrected chi connectivity index (χ0v) is 18.1. The van der Waals surface area contributed by atoms with Crippen LogP contribution in [0.1, 0.15) is 11.1 Å². The van der Waals surface area contributed by atoms with Crippen LogP contribution >= 0.6 is 0 Å². The zero-order chi connectivity index (χ0) is 23.9. The molecule has 0 radical (unpaired) electrons. The summed E-state index contributed by atoms with van der Waals surface area (Å²) in [7, 11) is -3.62. The van der Waals surface area contributed by atoms with Gasteiger partial charge in [-0.2, -0.15) is 4.31 Å². The molecule has 0 bridgehead atoms. The topological polar surface area (TPSA) is 158 Å². The Bertz CT molecular complexity index is 1070. The molecule has 1 aliphatic heterocycles. The van der Waals surface area contributed by atoms with Crippen molar-refractivity contribution in [2.24, 2.45) is 0 Å². The van der Waals surface area contributed by atoms with Crippen molar-refractivity contribution in [3.63, 3.8) is 0 Å². The van der Waals surface area contributed by atoms with Gasteiger partial charge in [0.05, 0.1) is 9.82 Å². The number of benzene rings is 2. The van der Waals surface area contributed by atoms with Crippen LogP contribution in [0.15, 0.2) is 53.4 Å². The second kappa shape index (κ2) is 10.8. The molecule has 0 atom stereocenters. The minimum Gasteiger partial charge on any atom is -0.473 e. The molecule has 2 N–H and O–H groups in total. The lowest BCUT2D eigenvalue weighted by Crippen LogP contribution is -2.48. The predicted molar refractivity (Wildman–Crippen MR) is 114 cm³/mol. The van der Waals surface area contributed by atoms with Gasteiger partial charge in [-0.25, -0.2) is 18.0 Å². The Morgan fingerprint density at radius 2 is 1.56 bits per heavy atom. The van der Waals surface area contributed by atoms with Crippen LogP contribution in [0, 0.1) is 17.0 Å². The Labute approximate surface area is 184 Å². The number of rotatable bonds is 5. The van der Waals surface area contributed by atoms with E-state index < -0.39 is 26.9 Å². The number of carboxylic acid groups (broad SMARTS) is 2. The normalized spacial score (nSPS) is 14.8. The maximum absolute atomic E-state index is 12.7. The Morgan fingerprint density at radius 3 is 2.03 bits per heavy atom. The predicted octanol–water partition coefficient (Wildman–Crippen LogP) is 1.57. The maximum atomic E-state index is 12.7. The van der Waals surface area contributed by atoms with Crippen molar-refractivity contribution < 1.29 is 33.1 Å². The number of hydrogen-bond acceptors (Lipinski definition) is 7. The van der Waals surface area contributed by atoms with Crippen molar-refractivity contribution in [1.29, 1.82) is 0 Å². The monoisotopic (exact) mass is 465 g/mol. The number of nitrogens with zero attached hydrogens (tertiary/aromatic N) is 3. The zero-order valence-electron chi connectivity index (χ0n) is 17.2. The number of nitro benzene ring substituents is 1. The number of aryl methyl sites for hydroxylation is 1. The van der Waals surface area contributed by atoms with Gasteiger partial charge in [0.25, 0.3) is 5.69 Å². The summed E-state index contributed by atoms with van der Waals surface area (Å²) in [5.74, 6) is -3.65. The molecule has 0 saturated carbocycles. The van der Waals surface area contributed by atoms with E-state index in [9.17, 15) is 18.5 Å². The number of carboxylic acids is 2. The first kappa shape index (κ1) is 24.9. The minimum atomic E-state index is -3.62. The lowest BCUT2D eigenvalue weighted by Gasteiger charge is -2.34. The van der Waals surface area contributed by atoms with Crippen LogP contribution in [-0.2, 0) is 26.2 Å². The molecule has 2 aromatic rings. The van der Waals surface area contributed by atoms with Crippen molar-refractivity contribution in [2.45, 2.75) is 18.4 Å². The molecular formula is C20H23N3O8S. The third kappa shape index (κ3) is 6.83. The molecular weight excluding hydrogens is 442 g/mol. The van der Waals surface area contributed by atoms with Crippen LogP contribution in [-0.4, -0.2) is 70.9 Å². The van der Waals surface area contributed by atoms with E-state index >= 15 is 0 Å². The first-order valence-corrected chi connectivity index (χ1v) is 10.9. The molecule has 2 aromatic carbocycles. The van der Waals surface area contributed by atoms with Gasteiger partial charge in [-0.3, -0.25) is 15.0 Å². The van der Waals surface area contributed by atoms with Crippen LogP contribution < -0.4 is 0 Å². The number of non-ortho nitro benzene ring substituents is 1. The summed E-state index contributed by atoms with van der Waals surface area (Å²) in [5, 5.41) is 25.5. The largest absolute Gasteiger partial charge is 0.473 e. The molecule has 0 aliphatic carbocycles. The fourth-order valence-electron chi connectivity index (χ4n) is 3.09. The van der Waals surface area contributed by atoms with Crippen molar-refractivity contribution >= 4 is 27.6 Å². The number of aliphatic carboxylic acids is 2. The van der Waals surface area contributed by atoms with Crippen LogP contribution in [0.25, 0.3) is 0 Å². The smallest absolute Gasteiger partial charge is 0.414 e. The molecule has 12 heteroatoms. The van der Waals surface area contributed by atoms with Crippen LogP contribution in [0.2, 0.25) is 0 Å². The number of hydrogen-bond donors (Lipinski definition) is 2. The summed E-state index contributed by atoms with van der Waals surface area (Å²) in [6.45, 7) is 4.97. The lowest BCUT2D eigenvalue weighted by molar-refractivity contribution is -0.384. The van der Waals surface area contributed by atoms with Gasteiger partial charge >= 0.3 is 11.9 Å². The van der Waals surface area contributed by atoms with Gasteiger partial charge < -0.3 is 10.2 Å². The molecule has 0 spiro atoms. The minimum absolute atomic E-state index is 0.0928. The van der Waals surface area contributed by atoms with Gasteiger partial charge in [-0.1, -0.05) is 29.8 Å². The Hall–Kier alpha value is -3.35. The van der Waals surface area contributed by atoms with Crippen molar-refractivity contribution in [2.75, 3.05) is 26.2 Å². The van der Waals surface area contributed by atoms with Gasteiger partial charge in [0, 0.05) is 44.9 Å². The summed E-state index contributed by atoms with van der Waals surface area (Å²) in [6.07, 6.45) is 0. The summed E-state index contributed by atoms with van der Waals surface area (Å²) in [4.78, 5) is 30.7. The van der Waals surface area contributed by atoms with Gasteiger partial charge in [0.1, 0.15) is 0 Å². The molecule has 0 aromatic heterocycles. The van der Waals surface area contributed by atoms with E-state index in [1.165, 1.54) is 39.7 Å². The molecule has 1 aliphatic rings. The second-order valence-corrected chi connectivity index (χ2v) is 8.97. The average molecular weight is 465 g/mol. The molecule has 11 nitrogen and oxygen atoms in total.